The maximum absolute atomic E-state index is 10.1. The summed E-state index contributed by atoms with van der Waals surface area (Å²) in [7, 11) is 0. The predicted molar refractivity (Wildman–Crippen MR) is 153 cm³/mol. The molecule has 0 spiro atoms. The van der Waals surface area contributed by atoms with Gasteiger partial charge in [-0.1, -0.05) is 117 Å². The van der Waals surface area contributed by atoms with Crippen molar-refractivity contribution in [3.8, 4) is 0 Å². The van der Waals surface area contributed by atoms with E-state index < -0.39 is 11.9 Å². The van der Waals surface area contributed by atoms with Crippen molar-refractivity contribution >= 4 is 11.9 Å². The summed E-state index contributed by atoms with van der Waals surface area (Å²) < 4.78 is 0. The first-order valence-corrected chi connectivity index (χ1v) is 20.5. The zero-order valence-electron chi connectivity index (χ0n) is 25.7. The number of unbranched alkanes of at least 4 members (excludes halogenated alkanes) is 18. The van der Waals surface area contributed by atoms with Crippen molar-refractivity contribution in [3.63, 3.8) is 0 Å². The first-order valence-electron chi connectivity index (χ1n) is 16.4. The molecule has 0 saturated carbocycles. The van der Waals surface area contributed by atoms with Gasteiger partial charge in [0.2, 0.25) is 0 Å². The second kappa shape index (κ2) is 40.1. The molecule has 0 aromatic heterocycles. The van der Waals surface area contributed by atoms with E-state index >= 15 is 0 Å². The number of hydrogen-bond acceptors (Lipinski definition) is 4. The fourth-order valence-electron chi connectivity index (χ4n) is 4.19. The van der Waals surface area contributed by atoms with Crippen LogP contribution in [0.2, 0.25) is 10.0 Å². The van der Waals surface area contributed by atoms with Crippen LogP contribution in [0.1, 0.15) is 182 Å². The molecule has 0 heterocycles. The first kappa shape index (κ1) is 41.1. The molecule has 0 radical (unpaired) electrons. The van der Waals surface area contributed by atoms with Crippen LogP contribution in [0, 0.1) is 0 Å². The van der Waals surface area contributed by atoms with Crippen molar-refractivity contribution in [3.05, 3.63) is 0 Å². The zero-order valence-corrected chi connectivity index (χ0v) is 28.7. The van der Waals surface area contributed by atoms with Gasteiger partial charge in [0.25, 0.3) is 0 Å². The van der Waals surface area contributed by atoms with Gasteiger partial charge in [0.15, 0.2) is 0 Å². The molecular weight excluding hydrogens is 514 g/mol. The molecule has 0 fully saturated rings. The molecule has 0 aliphatic carbocycles. The molecular formula is C32H64O4Zn. The SMILES string of the molecule is CCCCCCCCCCCC(=O)[O-].CCCCCCCCCCCC(=O)[O-].CCC[CH2][Zn+2][CH2]CCC. The Morgan fingerprint density at radius 3 is 0.892 bits per heavy atom. The van der Waals surface area contributed by atoms with Crippen LogP contribution in [-0.4, -0.2) is 11.9 Å². The Hall–Kier alpha value is -0.437. The summed E-state index contributed by atoms with van der Waals surface area (Å²) in [5, 5.41) is 23.5. The van der Waals surface area contributed by atoms with Crippen LogP contribution in [0.5, 0.6) is 0 Å². The van der Waals surface area contributed by atoms with Crippen LogP contribution in [0.4, 0.5) is 0 Å². The molecule has 0 N–H and O–H groups in total. The van der Waals surface area contributed by atoms with Gasteiger partial charge in [-0.2, -0.15) is 0 Å². The van der Waals surface area contributed by atoms with E-state index in [1.165, 1.54) is 116 Å². The van der Waals surface area contributed by atoms with Gasteiger partial charge in [-0.15, -0.1) is 0 Å². The third-order valence-corrected chi connectivity index (χ3v) is 10.9. The third kappa shape index (κ3) is 52.7. The number of carbonyl (C=O) groups excluding carboxylic acids is 2. The van der Waals surface area contributed by atoms with E-state index in [0.29, 0.717) is 0 Å². The van der Waals surface area contributed by atoms with Crippen molar-refractivity contribution in [1.82, 2.24) is 0 Å². The summed E-state index contributed by atoms with van der Waals surface area (Å²) in [6.45, 7) is 9.03. The summed E-state index contributed by atoms with van der Waals surface area (Å²) in [5.41, 5.74) is 0. The van der Waals surface area contributed by atoms with Gasteiger partial charge in [0, 0.05) is 11.9 Å². The topological polar surface area (TPSA) is 80.3 Å². The Morgan fingerprint density at radius 2 is 0.649 bits per heavy atom. The number of aliphatic carboxylic acids is 2. The van der Waals surface area contributed by atoms with Gasteiger partial charge in [0.05, 0.1) is 0 Å². The summed E-state index contributed by atoms with van der Waals surface area (Å²) in [6.07, 6.45) is 28.2. The van der Waals surface area contributed by atoms with Gasteiger partial charge in [0.1, 0.15) is 0 Å². The number of carbonyl (C=O) groups is 2. The molecule has 0 aromatic rings. The van der Waals surface area contributed by atoms with Crippen LogP contribution in [0.15, 0.2) is 0 Å². The van der Waals surface area contributed by atoms with E-state index in [4.69, 9.17) is 0 Å². The number of hydrogen-bond donors (Lipinski definition) is 0. The monoisotopic (exact) mass is 576 g/mol. The molecule has 0 aromatic carbocycles. The molecule has 37 heavy (non-hydrogen) atoms. The van der Waals surface area contributed by atoms with Crippen LogP contribution in [0.3, 0.4) is 0 Å². The van der Waals surface area contributed by atoms with Crippen molar-refractivity contribution in [2.24, 2.45) is 0 Å². The van der Waals surface area contributed by atoms with Crippen LogP contribution < -0.4 is 10.2 Å². The Morgan fingerprint density at radius 1 is 0.405 bits per heavy atom. The van der Waals surface area contributed by atoms with Gasteiger partial charge in [-0.25, -0.2) is 0 Å². The summed E-state index contributed by atoms with van der Waals surface area (Å²) in [5.74, 6) is -1.82. The third-order valence-electron chi connectivity index (χ3n) is 6.68. The van der Waals surface area contributed by atoms with E-state index in [9.17, 15) is 19.8 Å². The Kier molecular flexibility index (Phi) is 44.5. The van der Waals surface area contributed by atoms with E-state index in [-0.39, 0.29) is 30.0 Å². The summed E-state index contributed by atoms with van der Waals surface area (Å²) in [4.78, 5) is 20.2. The molecule has 0 rings (SSSR count). The minimum atomic E-state index is -0.909. The number of rotatable bonds is 26. The van der Waals surface area contributed by atoms with E-state index in [0.717, 1.165) is 25.7 Å². The van der Waals surface area contributed by atoms with Crippen molar-refractivity contribution < 1.29 is 36.9 Å². The first-order chi connectivity index (χ1) is 18.0. The standard InChI is InChI=1S/2C12H24O2.2C4H9.Zn/c2*1-2-3-4-5-6-7-8-9-10-11-12(13)14;2*1-3-4-2;/h2*2-11H2,1H3,(H,13,14);2*1,3-4H2,2H3;/q;;;;+2/p-2. The van der Waals surface area contributed by atoms with E-state index in [1.54, 1.807) is 10.0 Å². The fraction of sp³-hybridized carbons (Fsp3) is 0.938. The molecule has 218 valence electrons. The summed E-state index contributed by atoms with van der Waals surface area (Å²) >= 11 is 0.0146. The molecule has 0 unspecified atom stereocenters. The van der Waals surface area contributed by atoms with Gasteiger partial charge in [-0.05, 0) is 25.7 Å². The molecule has 4 nitrogen and oxygen atoms in total. The molecule has 0 aliphatic rings. The van der Waals surface area contributed by atoms with Gasteiger partial charge < -0.3 is 19.8 Å². The Balaban J connectivity index is -0.000000481. The fourth-order valence-corrected chi connectivity index (χ4v) is 8.51. The second-order valence-corrected chi connectivity index (χ2v) is 15.1. The zero-order chi connectivity index (χ0) is 28.2. The van der Waals surface area contributed by atoms with Gasteiger partial charge in [-0.3, -0.25) is 0 Å². The molecule has 0 saturated heterocycles. The second-order valence-electron chi connectivity index (χ2n) is 10.7. The van der Waals surface area contributed by atoms with Crippen molar-refractivity contribution in [1.29, 1.82) is 0 Å². The summed E-state index contributed by atoms with van der Waals surface area (Å²) in [6, 6.07) is 0. The molecule has 0 atom stereocenters. The van der Waals surface area contributed by atoms with Crippen molar-refractivity contribution in [2.75, 3.05) is 0 Å². The molecule has 0 amide bonds. The van der Waals surface area contributed by atoms with Crippen LogP contribution in [0.25, 0.3) is 0 Å². The average Bonchev–Trinajstić information content (AvgIpc) is 2.87. The normalized spacial score (nSPS) is 10.4. The maximum atomic E-state index is 10.1. The molecule has 0 aliphatic heterocycles. The minimum absolute atomic E-state index is 0.0146. The van der Waals surface area contributed by atoms with E-state index in [1.807, 2.05) is 0 Å². The van der Waals surface area contributed by atoms with E-state index in [2.05, 4.69) is 27.7 Å². The van der Waals surface area contributed by atoms with Gasteiger partial charge >= 0.3 is 66.7 Å². The Labute approximate surface area is 240 Å². The van der Waals surface area contributed by atoms with Crippen LogP contribution in [-0.2, 0) is 26.7 Å². The Bertz CT molecular complexity index is 391. The predicted octanol–water partition coefficient (Wildman–Crippen LogP) is 8.82. The molecule has 0 bridgehead atoms. The van der Waals surface area contributed by atoms with Crippen molar-refractivity contribution in [2.45, 2.75) is 192 Å². The quantitative estimate of drug-likeness (QED) is 0.0759. The van der Waals surface area contributed by atoms with Crippen LogP contribution >= 0.6 is 0 Å². The number of carboxylic acid groups (broad SMARTS) is 2. The number of carboxylic acids is 2. The average molecular weight is 578 g/mol. The molecule has 5 heteroatoms.